The number of para-hydroxylation sites is 1. The van der Waals surface area contributed by atoms with Crippen molar-refractivity contribution >= 4 is 17.0 Å². The lowest BCUT2D eigenvalue weighted by molar-refractivity contribution is 0.211. The van der Waals surface area contributed by atoms with Crippen LogP contribution < -0.4 is 10.2 Å². The second-order valence-corrected chi connectivity index (χ2v) is 6.53. The first-order valence-corrected chi connectivity index (χ1v) is 9.09. The molecule has 0 aliphatic rings. The summed E-state index contributed by atoms with van der Waals surface area (Å²) in [6.45, 7) is 1.67. The number of benzene rings is 2. The third-order valence-corrected chi connectivity index (χ3v) is 4.50. The molecule has 2 aromatic heterocycles. The molecular formula is C22H16FN5O2. The van der Waals surface area contributed by atoms with Crippen LogP contribution in [0.5, 0.6) is 5.75 Å². The van der Waals surface area contributed by atoms with Crippen LogP contribution in [0.4, 0.5) is 9.18 Å². The van der Waals surface area contributed by atoms with Crippen molar-refractivity contribution in [1.82, 2.24) is 14.6 Å². The van der Waals surface area contributed by atoms with Crippen molar-refractivity contribution in [2.45, 2.75) is 13.3 Å². The maximum atomic E-state index is 13.4. The molecule has 4 rings (SSSR count). The van der Waals surface area contributed by atoms with Gasteiger partial charge in [-0.05, 0) is 30.7 Å². The van der Waals surface area contributed by atoms with Crippen molar-refractivity contribution < 1.29 is 13.9 Å². The fourth-order valence-corrected chi connectivity index (χ4v) is 3.11. The van der Waals surface area contributed by atoms with Crippen LogP contribution in [0.3, 0.4) is 0 Å². The minimum atomic E-state index is -0.732. The molecule has 0 fully saturated rings. The van der Waals surface area contributed by atoms with Gasteiger partial charge >= 0.3 is 6.09 Å². The Labute approximate surface area is 171 Å². The zero-order valence-corrected chi connectivity index (χ0v) is 16.0. The summed E-state index contributed by atoms with van der Waals surface area (Å²) < 4.78 is 20.3. The van der Waals surface area contributed by atoms with E-state index in [4.69, 9.17) is 10.00 Å². The molecule has 2 aromatic carbocycles. The van der Waals surface area contributed by atoms with Gasteiger partial charge in [-0.1, -0.05) is 30.3 Å². The Kier molecular flexibility index (Phi) is 5.09. The SMILES string of the molecule is Cc1nc(-c2cccc(F)c2)ncc1OC(=O)Nn1cc(CC#N)c2ccccc21. The van der Waals surface area contributed by atoms with Crippen molar-refractivity contribution in [1.29, 1.82) is 5.26 Å². The molecule has 148 valence electrons. The molecule has 0 bridgehead atoms. The summed E-state index contributed by atoms with van der Waals surface area (Å²) in [6.07, 6.45) is 2.55. The van der Waals surface area contributed by atoms with Crippen molar-refractivity contribution in [3.05, 3.63) is 78.0 Å². The van der Waals surface area contributed by atoms with Crippen LogP contribution in [-0.2, 0) is 6.42 Å². The molecule has 0 aliphatic carbocycles. The number of hydrogen-bond donors (Lipinski definition) is 1. The first-order chi connectivity index (χ1) is 14.5. The number of carbonyl (C=O) groups is 1. The van der Waals surface area contributed by atoms with Crippen molar-refractivity contribution in [2.24, 2.45) is 0 Å². The number of ether oxygens (including phenoxy) is 1. The number of carbonyl (C=O) groups excluding carboxylic acids is 1. The number of halogens is 1. The largest absolute Gasteiger partial charge is 0.432 e. The molecule has 30 heavy (non-hydrogen) atoms. The molecule has 0 atom stereocenters. The van der Waals surface area contributed by atoms with Gasteiger partial charge in [0.15, 0.2) is 11.6 Å². The van der Waals surface area contributed by atoms with Gasteiger partial charge in [-0.2, -0.15) is 5.26 Å². The number of fused-ring (bicyclic) bond motifs is 1. The lowest BCUT2D eigenvalue weighted by Crippen LogP contribution is -2.25. The van der Waals surface area contributed by atoms with Crippen LogP contribution >= 0.6 is 0 Å². The summed E-state index contributed by atoms with van der Waals surface area (Å²) in [5.74, 6) is 0.127. The maximum absolute atomic E-state index is 13.4. The Morgan fingerprint density at radius 2 is 2.10 bits per heavy atom. The van der Waals surface area contributed by atoms with E-state index >= 15 is 0 Å². The van der Waals surface area contributed by atoms with Gasteiger partial charge in [0.25, 0.3) is 0 Å². The van der Waals surface area contributed by atoms with Crippen LogP contribution in [0, 0.1) is 24.1 Å². The number of aryl methyl sites for hydroxylation is 1. The summed E-state index contributed by atoms with van der Waals surface area (Å²) in [7, 11) is 0. The summed E-state index contributed by atoms with van der Waals surface area (Å²) >= 11 is 0. The van der Waals surface area contributed by atoms with E-state index in [0.29, 0.717) is 17.1 Å². The lowest BCUT2D eigenvalue weighted by atomic mass is 10.1. The first-order valence-electron chi connectivity index (χ1n) is 9.09. The first kappa shape index (κ1) is 19.1. The van der Waals surface area contributed by atoms with E-state index in [1.54, 1.807) is 25.3 Å². The van der Waals surface area contributed by atoms with E-state index in [9.17, 15) is 9.18 Å². The third-order valence-electron chi connectivity index (χ3n) is 4.50. The summed E-state index contributed by atoms with van der Waals surface area (Å²) in [6, 6.07) is 15.5. The van der Waals surface area contributed by atoms with Crippen LogP contribution in [0.2, 0.25) is 0 Å². The minimum absolute atomic E-state index is 0.182. The number of amides is 1. The van der Waals surface area contributed by atoms with Gasteiger partial charge in [0.2, 0.25) is 0 Å². The van der Waals surface area contributed by atoms with Crippen LogP contribution in [0.15, 0.2) is 60.9 Å². The van der Waals surface area contributed by atoms with E-state index < -0.39 is 6.09 Å². The molecule has 0 saturated heterocycles. The van der Waals surface area contributed by atoms with E-state index in [2.05, 4.69) is 21.5 Å². The highest BCUT2D eigenvalue weighted by molar-refractivity contribution is 5.87. The van der Waals surface area contributed by atoms with Crippen molar-refractivity contribution in [2.75, 3.05) is 5.43 Å². The smallest absolute Gasteiger partial charge is 0.406 e. The molecule has 1 N–H and O–H groups in total. The monoisotopic (exact) mass is 401 g/mol. The highest BCUT2D eigenvalue weighted by Crippen LogP contribution is 2.22. The zero-order valence-electron chi connectivity index (χ0n) is 16.0. The molecule has 1 amide bonds. The molecule has 8 heteroatoms. The molecule has 7 nitrogen and oxygen atoms in total. The normalized spacial score (nSPS) is 10.6. The average molecular weight is 401 g/mol. The predicted octanol–water partition coefficient (Wildman–Crippen LogP) is 4.35. The van der Waals surface area contributed by atoms with E-state index in [1.807, 2.05) is 24.3 Å². The number of hydrogen-bond acceptors (Lipinski definition) is 5. The van der Waals surface area contributed by atoms with Crippen molar-refractivity contribution in [3.8, 4) is 23.2 Å². The van der Waals surface area contributed by atoms with Crippen LogP contribution in [-0.4, -0.2) is 20.7 Å². The second-order valence-electron chi connectivity index (χ2n) is 6.53. The van der Waals surface area contributed by atoms with E-state index in [1.165, 1.54) is 23.0 Å². The quantitative estimate of drug-likeness (QED) is 0.549. The molecular weight excluding hydrogens is 385 g/mol. The van der Waals surface area contributed by atoms with Crippen molar-refractivity contribution in [3.63, 3.8) is 0 Å². The number of aromatic nitrogens is 3. The predicted molar refractivity (Wildman–Crippen MR) is 109 cm³/mol. The number of nitriles is 1. The van der Waals surface area contributed by atoms with E-state index in [0.717, 1.165) is 16.5 Å². The Bertz CT molecular complexity index is 1290. The minimum Gasteiger partial charge on any atom is -0.406 e. The van der Waals surface area contributed by atoms with Gasteiger partial charge in [0.05, 0.1) is 29.9 Å². The summed E-state index contributed by atoms with van der Waals surface area (Å²) in [4.78, 5) is 20.9. The summed E-state index contributed by atoms with van der Waals surface area (Å²) in [5, 5.41) is 9.88. The highest BCUT2D eigenvalue weighted by Gasteiger charge is 2.14. The van der Waals surface area contributed by atoms with Gasteiger partial charge in [-0.3, -0.25) is 4.68 Å². The molecule has 0 spiro atoms. The molecule has 0 unspecified atom stereocenters. The highest BCUT2D eigenvalue weighted by atomic mass is 19.1. The van der Waals surface area contributed by atoms with Gasteiger partial charge in [-0.25, -0.2) is 24.6 Å². The van der Waals surface area contributed by atoms with E-state index in [-0.39, 0.29) is 18.0 Å². The Morgan fingerprint density at radius 1 is 1.27 bits per heavy atom. The molecule has 0 saturated carbocycles. The van der Waals surface area contributed by atoms with Crippen LogP contribution in [0.1, 0.15) is 11.3 Å². The van der Waals surface area contributed by atoms with Gasteiger partial charge < -0.3 is 4.74 Å². The molecule has 4 aromatic rings. The van der Waals surface area contributed by atoms with Gasteiger partial charge in [0, 0.05) is 17.1 Å². The topological polar surface area (TPSA) is 92.8 Å². The number of rotatable bonds is 4. The third kappa shape index (κ3) is 3.82. The number of nitrogens with zero attached hydrogens (tertiary/aromatic N) is 4. The molecule has 0 radical (unpaired) electrons. The molecule has 0 aliphatic heterocycles. The Hall–Kier alpha value is -4.25. The lowest BCUT2D eigenvalue weighted by Gasteiger charge is -2.10. The zero-order chi connectivity index (χ0) is 21.1. The fraction of sp³-hybridized carbons (Fsp3) is 0.0909. The average Bonchev–Trinajstić information content (AvgIpc) is 3.07. The fourth-order valence-electron chi connectivity index (χ4n) is 3.11. The van der Waals surface area contributed by atoms with Gasteiger partial charge in [-0.15, -0.1) is 0 Å². The van der Waals surface area contributed by atoms with Gasteiger partial charge in [0.1, 0.15) is 5.82 Å². The van der Waals surface area contributed by atoms with Crippen LogP contribution in [0.25, 0.3) is 22.3 Å². The standard InChI is InChI=1S/C22H16FN5O2/c1-14-20(12-25-21(26-14)15-5-4-6-17(23)11-15)30-22(29)27-28-13-16(9-10-24)18-7-2-3-8-19(18)28/h2-8,11-13H,9H2,1H3,(H,27,29). The second kappa shape index (κ2) is 8.01. The Balaban J connectivity index is 1.54. The Morgan fingerprint density at radius 3 is 2.87 bits per heavy atom. The molecule has 2 heterocycles. The number of nitrogens with one attached hydrogen (secondary N) is 1. The maximum Gasteiger partial charge on any atom is 0.432 e. The summed E-state index contributed by atoms with van der Waals surface area (Å²) in [5.41, 5.74) is 5.14.